The minimum absolute atomic E-state index is 0.0161. The molecule has 2 aromatic carbocycles. The molecule has 0 spiro atoms. The zero-order chi connectivity index (χ0) is 18.4. The Kier molecular flexibility index (Phi) is 6.00. The van der Waals surface area contributed by atoms with E-state index in [1.54, 1.807) is 0 Å². The molecule has 1 N–H and O–H groups in total. The lowest BCUT2D eigenvalue weighted by Gasteiger charge is -2.24. The highest BCUT2D eigenvalue weighted by molar-refractivity contribution is 5.78. The largest absolute Gasteiger partial charge is 0.490 e. The van der Waals surface area contributed by atoms with Crippen molar-refractivity contribution in [3.05, 3.63) is 54.1 Å². The van der Waals surface area contributed by atoms with E-state index in [9.17, 15) is 4.79 Å². The van der Waals surface area contributed by atoms with Crippen LogP contribution in [0.15, 0.2) is 48.5 Å². The number of hydrogen-bond donors (Lipinski definition) is 1. The molecule has 138 valence electrons. The second kappa shape index (κ2) is 8.61. The van der Waals surface area contributed by atoms with Crippen molar-refractivity contribution in [2.75, 3.05) is 19.8 Å². The fraction of sp³-hybridized carbons (Fsp3) is 0.381. The number of rotatable bonds is 6. The van der Waals surface area contributed by atoms with Crippen LogP contribution in [0.2, 0.25) is 0 Å². The predicted molar refractivity (Wildman–Crippen MR) is 99.7 cm³/mol. The first-order chi connectivity index (χ1) is 12.6. The minimum Gasteiger partial charge on any atom is -0.490 e. The molecule has 3 rings (SSSR count). The Morgan fingerprint density at radius 2 is 1.81 bits per heavy atom. The van der Waals surface area contributed by atoms with Gasteiger partial charge in [-0.3, -0.25) is 4.79 Å². The van der Waals surface area contributed by atoms with Crippen LogP contribution >= 0.6 is 0 Å². The van der Waals surface area contributed by atoms with Crippen molar-refractivity contribution in [1.29, 1.82) is 0 Å². The lowest BCUT2D eigenvalue weighted by atomic mass is 9.95. The summed E-state index contributed by atoms with van der Waals surface area (Å²) in [5.41, 5.74) is 0.998. The van der Waals surface area contributed by atoms with Gasteiger partial charge in [0, 0.05) is 6.42 Å². The number of amides is 1. The molecule has 0 bridgehead atoms. The Hall–Kier alpha value is -2.69. The van der Waals surface area contributed by atoms with Crippen LogP contribution < -0.4 is 19.5 Å². The molecule has 1 heterocycles. The monoisotopic (exact) mass is 355 g/mol. The zero-order valence-electron chi connectivity index (χ0n) is 15.2. The fourth-order valence-electron chi connectivity index (χ4n) is 2.89. The molecule has 0 saturated heterocycles. The first-order valence-corrected chi connectivity index (χ1v) is 9.00. The molecule has 0 fully saturated rings. The molecule has 1 aliphatic heterocycles. The van der Waals surface area contributed by atoms with E-state index in [1.165, 1.54) is 0 Å². The van der Waals surface area contributed by atoms with Gasteiger partial charge in [0.2, 0.25) is 0 Å². The molecule has 2 aromatic rings. The number of para-hydroxylation sites is 1. The Bertz CT molecular complexity index is 730. The summed E-state index contributed by atoms with van der Waals surface area (Å²) in [5, 5.41) is 3.07. The van der Waals surface area contributed by atoms with Crippen LogP contribution in [0.25, 0.3) is 0 Å². The summed E-state index contributed by atoms with van der Waals surface area (Å²) in [6.45, 7) is 5.43. The molecule has 0 radical (unpaired) electrons. The normalized spacial score (nSPS) is 14.4. The molecule has 5 heteroatoms. The van der Waals surface area contributed by atoms with Gasteiger partial charge in [0.15, 0.2) is 18.1 Å². The average Bonchev–Trinajstić information content (AvgIpc) is 2.90. The summed E-state index contributed by atoms with van der Waals surface area (Å²) in [6.07, 6.45) is 0.866. The van der Waals surface area contributed by atoms with E-state index in [2.05, 4.69) is 19.2 Å². The van der Waals surface area contributed by atoms with E-state index >= 15 is 0 Å². The summed E-state index contributed by atoms with van der Waals surface area (Å²) < 4.78 is 17.0. The van der Waals surface area contributed by atoms with E-state index < -0.39 is 0 Å². The number of carbonyl (C=O) groups is 1. The highest BCUT2D eigenvalue weighted by atomic mass is 16.5. The van der Waals surface area contributed by atoms with Gasteiger partial charge < -0.3 is 19.5 Å². The minimum atomic E-state index is -0.153. The highest BCUT2D eigenvalue weighted by Crippen LogP contribution is 2.34. The van der Waals surface area contributed by atoms with Crippen molar-refractivity contribution in [1.82, 2.24) is 5.32 Å². The number of carbonyl (C=O) groups excluding carboxylic acids is 1. The van der Waals surface area contributed by atoms with Gasteiger partial charge in [-0.2, -0.15) is 0 Å². The number of ether oxygens (including phenoxy) is 3. The second-order valence-corrected chi connectivity index (χ2v) is 6.65. The maximum Gasteiger partial charge on any atom is 0.258 e. The molecule has 5 nitrogen and oxygen atoms in total. The van der Waals surface area contributed by atoms with Crippen LogP contribution in [0.5, 0.6) is 17.2 Å². The molecule has 1 atom stereocenters. The van der Waals surface area contributed by atoms with E-state index in [-0.39, 0.29) is 24.5 Å². The summed E-state index contributed by atoms with van der Waals surface area (Å²) in [6, 6.07) is 15.1. The van der Waals surface area contributed by atoms with Crippen LogP contribution in [0, 0.1) is 5.92 Å². The molecule has 0 saturated carbocycles. The number of hydrogen-bond acceptors (Lipinski definition) is 4. The quantitative estimate of drug-likeness (QED) is 0.858. The molecule has 0 unspecified atom stereocenters. The smallest absolute Gasteiger partial charge is 0.258 e. The summed E-state index contributed by atoms with van der Waals surface area (Å²) in [4.78, 5) is 12.4. The SMILES string of the molecule is CC(C)[C@@H](NC(=O)COc1ccccc1)c1ccc2c(c1)OCCCO2. The predicted octanol–water partition coefficient (Wildman–Crippen LogP) is 3.74. The molecule has 26 heavy (non-hydrogen) atoms. The lowest BCUT2D eigenvalue weighted by Crippen LogP contribution is -2.35. The lowest BCUT2D eigenvalue weighted by molar-refractivity contribution is -0.124. The van der Waals surface area contributed by atoms with Crippen molar-refractivity contribution in [3.8, 4) is 17.2 Å². The number of nitrogens with one attached hydrogen (secondary N) is 1. The van der Waals surface area contributed by atoms with Gasteiger partial charge in [0.1, 0.15) is 5.75 Å². The standard InChI is InChI=1S/C21H25NO4/c1-15(2)21(22-20(23)14-26-17-7-4-3-5-8-17)16-9-10-18-19(13-16)25-12-6-11-24-18/h3-5,7-10,13,15,21H,6,11-12,14H2,1-2H3,(H,22,23)/t21-/m1/s1. The van der Waals surface area contributed by atoms with Gasteiger partial charge in [0.05, 0.1) is 19.3 Å². The molecular formula is C21H25NO4. The summed E-state index contributed by atoms with van der Waals surface area (Å²) in [5.74, 6) is 2.24. The summed E-state index contributed by atoms with van der Waals surface area (Å²) >= 11 is 0. The van der Waals surface area contributed by atoms with Crippen molar-refractivity contribution in [3.63, 3.8) is 0 Å². The van der Waals surface area contributed by atoms with Crippen molar-refractivity contribution >= 4 is 5.91 Å². The average molecular weight is 355 g/mol. The van der Waals surface area contributed by atoms with Crippen molar-refractivity contribution in [2.24, 2.45) is 5.92 Å². The van der Waals surface area contributed by atoms with Crippen molar-refractivity contribution in [2.45, 2.75) is 26.3 Å². The van der Waals surface area contributed by atoms with Gasteiger partial charge in [0.25, 0.3) is 5.91 Å². The van der Waals surface area contributed by atoms with Crippen LogP contribution in [-0.2, 0) is 4.79 Å². The number of fused-ring (bicyclic) bond motifs is 1. The van der Waals surface area contributed by atoms with Gasteiger partial charge in [-0.25, -0.2) is 0 Å². The van der Waals surface area contributed by atoms with Crippen molar-refractivity contribution < 1.29 is 19.0 Å². The maximum absolute atomic E-state index is 12.4. The maximum atomic E-state index is 12.4. The summed E-state index contributed by atoms with van der Waals surface area (Å²) in [7, 11) is 0. The highest BCUT2D eigenvalue weighted by Gasteiger charge is 2.21. The molecular weight excluding hydrogens is 330 g/mol. The molecule has 0 aromatic heterocycles. The third-order valence-corrected chi connectivity index (χ3v) is 4.23. The van der Waals surface area contributed by atoms with Gasteiger partial charge in [-0.1, -0.05) is 38.1 Å². The zero-order valence-corrected chi connectivity index (χ0v) is 15.2. The fourth-order valence-corrected chi connectivity index (χ4v) is 2.89. The molecule has 1 amide bonds. The Labute approximate surface area is 154 Å². The van der Waals surface area contributed by atoms with E-state index in [0.717, 1.165) is 23.5 Å². The number of benzene rings is 2. The third-order valence-electron chi connectivity index (χ3n) is 4.23. The van der Waals surface area contributed by atoms with E-state index in [4.69, 9.17) is 14.2 Å². The van der Waals surface area contributed by atoms with E-state index in [1.807, 2.05) is 48.5 Å². The topological polar surface area (TPSA) is 56.8 Å². The van der Waals surface area contributed by atoms with Crippen LogP contribution in [0.1, 0.15) is 31.9 Å². The molecule has 0 aliphatic carbocycles. The first kappa shape index (κ1) is 18.1. The Balaban J connectivity index is 1.67. The third kappa shape index (κ3) is 4.69. The Morgan fingerprint density at radius 1 is 1.08 bits per heavy atom. The van der Waals surface area contributed by atoms with E-state index in [0.29, 0.717) is 19.0 Å². The van der Waals surface area contributed by atoms with Gasteiger partial charge in [-0.15, -0.1) is 0 Å². The molecule has 1 aliphatic rings. The first-order valence-electron chi connectivity index (χ1n) is 9.00. The van der Waals surface area contributed by atoms with Gasteiger partial charge >= 0.3 is 0 Å². The van der Waals surface area contributed by atoms with Crippen LogP contribution in [0.4, 0.5) is 0 Å². The van der Waals surface area contributed by atoms with Crippen LogP contribution in [0.3, 0.4) is 0 Å². The second-order valence-electron chi connectivity index (χ2n) is 6.65. The van der Waals surface area contributed by atoms with Gasteiger partial charge in [-0.05, 0) is 35.7 Å². The Morgan fingerprint density at radius 3 is 2.54 bits per heavy atom. The van der Waals surface area contributed by atoms with Crippen LogP contribution in [-0.4, -0.2) is 25.7 Å².